The van der Waals surface area contributed by atoms with Crippen LogP contribution < -0.4 is 19.7 Å². The standard InChI is InChI=1S/C49H36N2O2/c1-2-36-45(31-14-4-3-5-15-31)39-26-25-30-13-8-9-20-37(30)47(39)50-46(36)35-19-10-18-34(27-35)38-21-11-22-40-49(38)53-43-24-12-23-42-48(43)51(40)41-28-32-16-6-7-17-33(32)29-44(41)52-42/h3-29,36,45-46,50H,2H2,1H3. The van der Waals surface area contributed by atoms with Crippen LogP contribution in [0.15, 0.2) is 164 Å². The first-order chi connectivity index (χ1) is 26.2. The predicted molar refractivity (Wildman–Crippen MR) is 217 cm³/mol. The molecule has 0 radical (unpaired) electrons. The van der Waals surface area contributed by atoms with Crippen LogP contribution in [0.5, 0.6) is 23.0 Å². The molecule has 8 aromatic carbocycles. The summed E-state index contributed by atoms with van der Waals surface area (Å²) in [6.45, 7) is 2.33. The molecule has 1 N–H and O–H groups in total. The molecule has 0 saturated carbocycles. The Morgan fingerprint density at radius 1 is 0.566 bits per heavy atom. The normalized spacial score (nSPS) is 17.8. The van der Waals surface area contributed by atoms with Crippen molar-refractivity contribution in [2.24, 2.45) is 5.92 Å². The molecule has 0 saturated heterocycles. The molecule has 0 aliphatic carbocycles. The number of nitrogens with zero attached hydrogens (tertiary/aromatic N) is 1. The molecule has 0 spiro atoms. The third-order valence-corrected chi connectivity index (χ3v) is 11.6. The molecule has 0 amide bonds. The zero-order valence-corrected chi connectivity index (χ0v) is 29.3. The van der Waals surface area contributed by atoms with Crippen LogP contribution in [0.1, 0.15) is 42.0 Å². The molecule has 3 atom stereocenters. The van der Waals surface area contributed by atoms with Gasteiger partial charge in [-0.1, -0.05) is 141 Å². The van der Waals surface area contributed by atoms with Gasteiger partial charge in [-0.05, 0) is 80.7 Å². The molecule has 254 valence electrons. The Hall–Kier alpha value is -6.52. The second kappa shape index (κ2) is 11.8. The third-order valence-electron chi connectivity index (χ3n) is 11.6. The Morgan fingerprint density at radius 3 is 2.13 bits per heavy atom. The SMILES string of the molecule is CCC1C(c2cccc(-c3cccc4c3Oc3cccc5c3N4c3cc4ccccc4cc3O5)c2)Nc2c(ccc3ccccc23)C1c1ccccc1. The molecule has 11 rings (SSSR count). The van der Waals surface area contributed by atoms with Crippen LogP contribution in [0, 0.1) is 5.92 Å². The Bertz CT molecular complexity index is 2740. The smallest absolute Gasteiger partial charge is 0.159 e. The summed E-state index contributed by atoms with van der Waals surface area (Å²) in [4.78, 5) is 2.32. The molecular formula is C49H36N2O2. The molecule has 53 heavy (non-hydrogen) atoms. The number of hydrogen-bond donors (Lipinski definition) is 1. The zero-order valence-electron chi connectivity index (χ0n) is 29.3. The molecule has 3 heterocycles. The van der Waals surface area contributed by atoms with Crippen LogP contribution in [-0.4, -0.2) is 0 Å². The lowest BCUT2D eigenvalue weighted by Crippen LogP contribution is -2.32. The molecule has 3 aliphatic heterocycles. The minimum atomic E-state index is 0.103. The first kappa shape index (κ1) is 30.1. The Morgan fingerprint density at radius 2 is 1.28 bits per heavy atom. The number of benzene rings is 8. The summed E-state index contributed by atoms with van der Waals surface area (Å²) in [5, 5.41) is 8.95. The topological polar surface area (TPSA) is 33.7 Å². The fourth-order valence-electron chi connectivity index (χ4n) is 9.17. The van der Waals surface area contributed by atoms with Crippen LogP contribution in [-0.2, 0) is 0 Å². The maximum absolute atomic E-state index is 6.87. The van der Waals surface area contributed by atoms with Crippen LogP contribution in [0.2, 0.25) is 0 Å². The van der Waals surface area contributed by atoms with E-state index in [1.165, 1.54) is 38.5 Å². The van der Waals surface area contributed by atoms with Crippen LogP contribution in [0.3, 0.4) is 0 Å². The Labute approximate surface area is 308 Å². The Kier molecular flexibility index (Phi) is 6.69. The molecule has 3 aliphatic rings. The molecule has 4 nitrogen and oxygen atoms in total. The number of rotatable bonds is 4. The number of nitrogens with one attached hydrogen (secondary N) is 1. The van der Waals surface area contributed by atoms with Crippen molar-refractivity contribution in [2.45, 2.75) is 25.3 Å². The highest BCUT2D eigenvalue weighted by Crippen LogP contribution is 2.61. The maximum Gasteiger partial charge on any atom is 0.159 e. The lowest BCUT2D eigenvalue weighted by atomic mass is 9.70. The first-order valence-corrected chi connectivity index (χ1v) is 18.6. The molecule has 4 heteroatoms. The van der Waals surface area contributed by atoms with Crippen molar-refractivity contribution >= 4 is 44.3 Å². The van der Waals surface area contributed by atoms with Crippen LogP contribution in [0.25, 0.3) is 32.7 Å². The number of anilines is 4. The fourth-order valence-corrected chi connectivity index (χ4v) is 9.17. The number of fused-ring (bicyclic) bond motifs is 8. The number of hydrogen-bond acceptors (Lipinski definition) is 4. The number of para-hydroxylation sites is 2. The highest BCUT2D eigenvalue weighted by atomic mass is 16.5. The van der Waals surface area contributed by atoms with Crippen molar-refractivity contribution < 1.29 is 9.47 Å². The van der Waals surface area contributed by atoms with Gasteiger partial charge in [0.1, 0.15) is 5.69 Å². The van der Waals surface area contributed by atoms with E-state index in [1.807, 2.05) is 18.2 Å². The van der Waals surface area contributed by atoms with E-state index in [9.17, 15) is 0 Å². The fraction of sp³-hybridized carbons (Fsp3) is 0.102. The second-order valence-electron chi connectivity index (χ2n) is 14.4. The van der Waals surface area contributed by atoms with Gasteiger partial charge in [0.25, 0.3) is 0 Å². The average Bonchev–Trinajstić information content (AvgIpc) is 3.22. The zero-order chi connectivity index (χ0) is 35.0. The minimum absolute atomic E-state index is 0.103. The summed E-state index contributed by atoms with van der Waals surface area (Å²) in [5.74, 6) is 3.85. The quantitative estimate of drug-likeness (QED) is 0.200. The van der Waals surface area contributed by atoms with Crippen molar-refractivity contribution in [3.63, 3.8) is 0 Å². The summed E-state index contributed by atoms with van der Waals surface area (Å²) in [6, 6.07) is 59.1. The first-order valence-electron chi connectivity index (χ1n) is 18.6. The van der Waals surface area contributed by atoms with Gasteiger partial charge in [-0.2, -0.15) is 0 Å². The van der Waals surface area contributed by atoms with Gasteiger partial charge in [-0.15, -0.1) is 0 Å². The van der Waals surface area contributed by atoms with Crippen molar-refractivity contribution in [1.29, 1.82) is 0 Å². The lowest BCUT2D eigenvalue weighted by molar-refractivity contribution is 0.381. The second-order valence-corrected chi connectivity index (χ2v) is 14.4. The van der Waals surface area contributed by atoms with Gasteiger partial charge >= 0.3 is 0 Å². The van der Waals surface area contributed by atoms with Gasteiger partial charge in [-0.3, -0.25) is 4.90 Å². The van der Waals surface area contributed by atoms with E-state index in [0.29, 0.717) is 5.92 Å². The highest BCUT2D eigenvalue weighted by molar-refractivity contribution is 6.00. The van der Waals surface area contributed by atoms with E-state index in [-0.39, 0.29) is 12.0 Å². The molecule has 0 aromatic heterocycles. The van der Waals surface area contributed by atoms with E-state index in [0.717, 1.165) is 63.0 Å². The van der Waals surface area contributed by atoms with Crippen molar-refractivity contribution in [3.8, 4) is 34.1 Å². The minimum Gasteiger partial charge on any atom is -0.453 e. The molecule has 0 fully saturated rings. The molecular weight excluding hydrogens is 649 g/mol. The monoisotopic (exact) mass is 684 g/mol. The summed E-state index contributed by atoms with van der Waals surface area (Å²) >= 11 is 0. The van der Waals surface area contributed by atoms with Gasteiger partial charge in [0.15, 0.2) is 23.0 Å². The van der Waals surface area contributed by atoms with Crippen molar-refractivity contribution in [2.75, 3.05) is 10.2 Å². The van der Waals surface area contributed by atoms with Gasteiger partial charge in [0.2, 0.25) is 0 Å². The summed E-state index contributed by atoms with van der Waals surface area (Å²) in [7, 11) is 0. The van der Waals surface area contributed by atoms with Gasteiger partial charge in [0.05, 0.1) is 17.4 Å². The van der Waals surface area contributed by atoms with Crippen molar-refractivity contribution in [1.82, 2.24) is 0 Å². The summed E-state index contributed by atoms with van der Waals surface area (Å²) < 4.78 is 13.4. The molecule has 3 unspecified atom stereocenters. The van der Waals surface area contributed by atoms with Crippen LogP contribution in [0.4, 0.5) is 22.7 Å². The molecule has 0 bridgehead atoms. The summed E-state index contributed by atoms with van der Waals surface area (Å²) in [6.07, 6.45) is 1.03. The highest BCUT2D eigenvalue weighted by Gasteiger charge is 2.39. The van der Waals surface area contributed by atoms with E-state index in [4.69, 9.17) is 9.47 Å². The molecule has 8 aromatic rings. The van der Waals surface area contributed by atoms with Gasteiger partial charge < -0.3 is 14.8 Å². The summed E-state index contributed by atoms with van der Waals surface area (Å²) in [5.41, 5.74) is 10.4. The predicted octanol–water partition coefficient (Wildman–Crippen LogP) is 13.7. The number of ether oxygens (including phenoxy) is 2. The lowest BCUT2D eigenvalue weighted by Gasteiger charge is -2.42. The van der Waals surface area contributed by atoms with E-state index in [2.05, 4.69) is 163 Å². The van der Waals surface area contributed by atoms with Gasteiger partial charge in [-0.25, -0.2) is 0 Å². The van der Waals surface area contributed by atoms with Crippen LogP contribution >= 0.6 is 0 Å². The van der Waals surface area contributed by atoms with E-state index >= 15 is 0 Å². The average molecular weight is 685 g/mol. The Balaban J connectivity index is 1.06. The largest absolute Gasteiger partial charge is 0.453 e. The van der Waals surface area contributed by atoms with E-state index < -0.39 is 0 Å². The third kappa shape index (κ3) is 4.62. The van der Waals surface area contributed by atoms with Gasteiger partial charge in [0, 0.05) is 22.6 Å². The van der Waals surface area contributed by atoms with Crippen molar-refractivity contribution in [3.05, 3.63) is 180 Å². The maximum atomic E-state index is 6.87. The van der Waals surface area contributed by atoms with E-state index in [1.54, 1.807) is 0 Å².